The minimum Gasteiger partial charge on any atom is -0.492 e. The van der Waals surface area contributed by atoms with Gasteiger partial charge in [0, 0.05) is 13.1 Å². The number of hydrogen-bond acceptors (Lipinski definition) is 2. The zero-order valence-corrected chi connectivity index (χ0v) is 13.3. The molecule has 0 aromatic heterocycles. The van der Waals surface area contributed by atoms with Crippen LogP contribution in [0.25, 0.3) is 0 Å². The van der Waals surface area contributed by atoms with Crippen LogP contribution in [-0.4, -0.2) is 37.2 Å². The number of nitrogens with zero attached hydrogens (tertiary/aromatic N) is 1. The molecule has 0 fully saturated rings. The summed E-state index contributed by atoms with van der Waals surface area (Å²) in [6.07, 6.45) is 4.31. The van der Waals surface area contributed by atoms with Gasteiger partial charge in [-0.15, -0.1) is 0 Å². The summed E-state index contributed by atoms with van der Waals surface area (Å²) in [5.41, 5.74) is 0. The van der Waals surface area contributed by atoms with E-state index >= 15 is 0 Å². The van der Waals surface area contributed by atoms with Gasteiger partial charge >= 0.3 is 6.03 Å². The minimum atomic E-state index is 0.0218. The maximum atomic E-state index is 12.1. The number of carbonyl (C=O) groups is 1. The highest BCUT2D eigenvalue weighted by Crippen LogP contribution is 2.07. The van der Waals surface area contributed by atoms with Gasteiger partial charge in [-0.2, -0.15) is 0 Å². The van der Waals surface area contributed by atoms with E-state index < -0.39 is 0 Å². The zero-order valence-electron chi connectivity index (χ0n) is 13.3. The molecule has 0 saturated carbocycles. The number of hydrogen-bond donors (Lipinski definition) is 1. The Morgan fingerprint density at radius 1 is 1.10 bits per heavy atom. The first-order valence-electron chi connectivity index (χ1n) is 7.98. The summed E-state index contributed by atoms with van der Waals surface area (Å²) in [4.78, 5) is 14.0. The Hall–Kier alpha value is -1.71. The Balaban J connectivity index is 2.25. The Labute approximate surface area is 128 Å². The number of amides is 2. The van der Waals surface area contributed by atoms with E-state index in [0.29, 0.717) is 13.2 Å². The highest BCUT2D eigenvalue weighted by Gasteiger charge is 2.11. The van der Waals surface area contributed by atoms with Crippen molar-refractivity contribution in [1.82, 2.24) is 10.2 Å². The van der Waals surface area contributed by atoms with Crippen LogP contribution >= 0.6 is 0 Å². The molecule has 0 aliphatic rings. The van der Waals surface area contributed by atoms with Crippen LogP contribution < -0.4 is 10.1 Å². The van der Waals surface area contributed by atoms with Gasteiger partial charge in [-0.25, -0.2) is 4.79 Å². The molecule has 0 bridgehead atoms. The van der Waals surface area contributed by atoms with E-state index in [1.807, 2.05) is 35.2 Å². The van der Waals surface area contributed by atoms with Crippen LogP contribution in [0.2, 0.25) is 0 Å². The van der Waals surface area contributed by atoms with E-state index in [0.717, 1.165) is 44.5 Å². The van der Waals surface area contributed by atoms with Crippen molar-refractivity contribution in [2.45, 2.75) is 39.5 Å². The first-order valence-corrected chi connectivity index (χ1v) is 7.98. The summed E-state index contributed by atoms with van der Waals surface area (Å²) in [5, 5.41) is 2.93. The third-order valence-corrected chi connectivity index (χ3v) is 3.24. The van der Waals surface area contributed by atoms with Crippen molar-refractivity contribution in [2.75, 3.05) is 26.2 Å². The molecule has 4 heteroatoms. The molecule has 0 atom stereocenters. The number of rotatable bonds is 10. The number of carbonyl (C=O) groups excluding carboxylic acids is 1. The number of ether oxygens (including phenoxy) is 1. The summed E-state index contributed by atoms with van der Waals surface area (Å²) < 4.78 is 5.57. The van der Waals surface area contributed by atoms with Gasteiger partial charge in [0.15, 0.2) is 0 Å². The normalized spacial score (nSPS) is 10.2. The smallest absolute Gasteiger partial charge is 0.317 e. The molecule has 0 unspecified atom stereocenters. The number of benzene rings is 1. The van der Waals surface area contributed by atoms with Gasteiger partial charge in [0.1, 0.15) is 12.4 Å². The number of urea groups is 1. The van der Waals surface area contributed by atoms with E-state index in [9.17, 15) is 4.79 Å². The highest BCUT2D eigenvalue weighted by molar-refractivity contribution is 5.74. The predicted molar refractivity (Wildman–Crippen MR) is 86.7 cm³/mol. The largest absolute Gasteiger partial charge is 0.492 e. The fourth-order valence-electron chi connectivity index (χ4n) is 1.97. The van der Waals surface area contributed by atoms with E-state index in [1.54, 1.807) is 0 Å². The van der Waals surface area contributed by atoms with Gasteiger partial charge in [0.25, 0.3) is 0 Å². The number of nitrogens with one attached hydrogen (secondary N) is 1. The van der Waals surface area contributed by atoms with Crippen LogP contribution in [0.15, 0.2) is 30.3 Å². The molecule has 0 saturated heterocycles. The first kappa shape index (κ1) is 17.3. The summed E-state index contributed by atoms with van der Waals surface area (Å²) in [6.45, 7) is 6.98. The predicted octanol–water partition coefficient (Wildman–Crippen LogP) is 3.68. The van der Waals surface area contributed by atoms with Crippen molar-refractivity contribution in [3.8, 4) is 5.75 Å². The Kier molecular flexibility index (Phi) is 9.09. The van der Waals surface area contributed by atoms with E-state index in [2.05, 4.69) is 19.2 Å². The molecule has 0 radical (unpaired) electrons. The first-order chi connectivity index (χ1) is 10.3. The molecule has 21 heavy (non-hydrogen) atoms. The molecular weight excluding hydrogens is 264 g/mol. The zero-order chi connectivity index (χ0) is 15.3. The van der Waals surface area contributed by atoms with Crippen LogP contribution in [0.1, 0.15) is 39.5 Å². The monoisotopic (exact) mass is 292 g/mol. The maximum Gasteiger partial charge on any atom is 0.317 e. The number of para-hydroxylation sites is 1. The second-order valence-electron chi connectivity index (χ2n) is 5.09. The Bertz CT molecular complexity index is 374. The average Bonchev–Trinajstić information content (AvgIpc) is 2.52. The molecular formula is C17H28N2O2. The van der Waals surface area contributed by atoms with Crippen LogP contribution in [0, 0.1) is 0 Å². The second kappa shape index (κ2) is 11.0. The van der Waals surface area contributed by atoms with Gasteiger partial charge in [0.05, 0.1) is 6.54 Å². The van der Waals surface area contributed by atoms with Crippen molar-refractivity contribution < 1.29 is 9.53 Å². The molecule has 0 aliphatic carbocycles. The SMILES string of the molecule is CCCCN(CCCC)C(=O)NCCOc1ccccc1. The molecule has 0 aliphatic heterocycles. The summed E-state index contributed by atoms with van der Waals surface area (Å²) in [6, 6.07) is 9.67. The maximum absolute atomic E-state index is 12.1. The fourth-order valence-corrected chi connectivity index (χ4v) is 1.97. The molecule has 118 valence electrons. The highest BCUT2D eigenvalue weighted by atomic mass is 16.5. The summed E-state index contributed by atoms with van der Waals surface area (Å²) >= 11 is 0. The number of unbranched alkanes of at least 4 members (excludes halogenated alkanes) is 2. The lowest BCUT2D eigenvalue weighted by molar-refractivity contribution is 0.193. The van der Waals surface area contributed by atoms with Crippen molar-refractivity contribution in [2.24, 2.45) is 0 Å². The Morgan fingerprint density at radius 3 is 2.29 bits per heavy atom. The lowest BCUT2D eigenvalue weighted by Gasteiger charge is -2.22. The molecule has 1 aromatic rings. The topological polar surface area (TPSA) is 41.6 Å². The molecule has 1 rings (SSSR count). The van der Waals surface area contributed by atoms with E-state index in [1.165, 1.54) is 0 Å². The molecule has 0 heterocycles. The fraction of sp³-hybridized carbons (Fsp3) is 0.588. The van der Waals surface area contributed by atoms with Gasteiger partial charge < -0.3 is 15.0 Å². The molecule has 0 spiro atoms. The minimum absolute atomic E-state index is 0.0218. The third kappa shape index (κ3) is 7.59. The standard InChI is InChI=1S/C17H28N2O2/c1-3-5-13-19(14-6-4-2)17(20)18-12-15-21-16-10-8-7-9-11-16/h7-11H,3-6,12-15H2,1-2H3,(H,18,20). The van der Waals surface area contributed by atoms with Crippen LogP contribution in [0.3, 0.4) is 0 Å². The quantitative estimate of drug-likeness (QED) is 0.668. The van der Waals surface area contributed by atoms with Crippen LogP contribution in [-0.2, 0) is 0 Å². The Morgan fingerprint density at radius 2 is 1.71 bits per heavy atom. The van der Waals surface area contributed by atoms with Crippen molar-refractivity contribution in [1.29, 1.82) is 0 Å². The van der Waals surface area contributed by atoms with Gasteiger partial charge in [-0.1, -0.05) is 44.9 Å². The van der Waals surface area contributed by atoms with Gasteiger partial charge in [-0.05, 0) is 25.0 Å². The molecule has 4 nitrogen and oxygen atoms in total. The van der Waals surface area contributed by atoms with Crippen LogP contribution in [0.4, 0.5) is 4.79 Å². The molecule has 1 aromatic carbocycles. The van der Waals surface area contributed by atoms with Crippen molar-refractivity contribution in [3.63, 3.8) is 0 Å². The van der Waals surface area contributed by atoms with E-state index in [-0.39, 0.29) is 6.03 Å². The van der Waals surface area contributed by atoms with Crippen molar-refractivity contribution in [3.05, 3.63) is 30.3 Å². The van der Waals surface area contributed by atoms with Gasteiger partial charge in [-0.3, -0.25) is 0 Å². The van der Waals surface area contributed by atoms with Crippen LogP contribution in [0.5, 0.6) is 5.75 Å². The average molecular weight is 292 g/mol. The molecule has 2 amide bonds. The van der Waals surface area contributed by atoms with Gasteiger partial charge in [0.2, 0.25) is 0 Å². The lowest BCUT2D eigenvalue weighted by atomic mass is 10.3. The second-order valence-corrected chi connectivity index (χ2v) is 5.09. The van der Waals surface area contributed by atoms with Crippen molar-refractivity contribution >= 4 is 6.03 Å². The third-order valence-electron chi connectivity index (χ3n) is 3.24. The summed E-state index contributed by atoms with van der Waals surface area (Å²) in [5.74, 6) is 0.834. The molecule has 1 N–H and O–H groups in total. The lowest BCUT2D eigenvalue weighted by Crippen LogP contribution is -2.42. The van der Waals surface area contributed by atoms with E-state index in [4.69, 9.17) is 4.74 Å². The summed E-state index contributed by atoms with van der Waals surface area (Å²) in [7, 11) is 0.